The summed E-state index contributed by atoms with van der Waals surface area (Å²) < 4.78 is 15.8. The van der Waals surface area contributed by atoms with Gasteiger partial charge in [-0.05, 0) is 59.7 Å². The molecule has 3 aromatic rings. The van der Waals surface area contributed by atoms with Crippen LogP contribution >= 0.6 is 0 Å². The molecule has 3 aliphatic rings. The van der Waals surface area contributed by atoms with Crippen molar-refractivity contribution < 1.29 is 33.4 Å². The number of hydrogen-bond acceptors (Lipinski definition) is 8. The molecule has 202 valence electrons. The zero-order valence-electron chi connectivity index (χ0n) is 22.1. The van der Waals surface area contributed by atoms with Gasteiger partial charge in [-0.15, -0.1) is 0 Å². The van der Waals surface area contributed by atoms with E-state index in [0.29, 0.717) is 28.5 Å². The molecule has 0 saturated carbocycles. The number of nitrogens with zero attached hydrogens (tertiary/aromatic N) is 2. The van der Waals surface area contributed by atoms with Gasteiger partial charge in [0.15, 0.2) is 17.3 Å². The third kappa shape index (κ3) is 3.85. The number of anilines is 1. The van der Waals surface area contributed by atoms with Crippen molar-refractivity contribution in [3.8, 4) is 17.2 Å². The van der Waals surface area contributed by atoms with Crippen LogP contribution in [-0.4, -0.2) is 48.7 Å². The summed E-state index contributed by atoms with van der Waals surface area (Å²) in [5.74, 6) is -2.12. The summed E-state index contributed by atoms with van der Waals surface area (Å²) in [6.07, 6.45) is 3.72. The van der Waals surface area contributed by atoms with E-state index in [1.165, 1.54) is 33.3 Å². The molecular weight excluding hydrogens is 512 g/mol. The fraction of sp³-hybridized carbons (Fsp3) is 0.226. The number of amides is 2. The van der Waals surface area contributed by atoms with Crippen molar-refractivity contribution in [2.75, 3.05) is 19.1 Å². The first-order valence-electron chi connectivity index (χ1n) is 12.8. The second kappa shape index (κ2) is 9.68. The van der Waals surface area contributed by atoms with E-state index < -0.39 is 35.8 Å². The Balaban J connectivity index is 1.44. The lowest BCUT2D eigenvalue weighted by Gasteiger charge is -2.35. The summed E-state index contributed by atoms with van der Waals surface area (Å²) in [5.41, 5.74) is 2.52. The number of benzene rings is 3. The van der Waals surface area contributed by atoms with Gasteiger partial charge in [-0.3, -0.25) is 19.2 Å². The highest BCUT2D eigenvalue weighted by Crippen LogP contribution is 2.54. The molecule has 3 heterocycles. The number of esters is 1. The van der Waals surface area contributed by atoms with Gasteiger partial charge < -0.3 is 19.1 Å². The maximum Gasteiger partial charge on any atom is 0.308 e. The van der Waals surface area contributed by atoms with E-state index >= 15 is 0 Å². The van der Waals surface area contributed by atoms with Gasteiger partial charge in [0, 0.05) is 18.7 Å². The quantitative estimate of drug-likeness (QED) is 0.201. The lowest BCUT2D eigenvalue weighted by atomic mass is 9.83. The number of carbonyl (C=O) groups is 4. The van der Waals surface area contributed by atoms with Crippen LogP contribution in [0.5, 0.6) is 17.2 Å². The molecule has 6 rings (SSSR count). The molecular formula is C31H26N2O7. The van der Waals surface area contributed by atoms with E-state index in [2.05, 4.69) is 0 Å². The molecule has 0 unspecified atom stereocenters. The molecule has 0 N–H and O–H groups in total. The fourth-order valence-corrected chi connectivity index (χ4v) is 6.10. The van der Waals surface area contributed by atoms with E-state index in [1.54, 1.807) is 30.3 Å². The number of methoxy groups -OCH3 is 2. The summed E-state index contributed by atoms with van der Waals surface area (Å²) in [4.78, 5) is 56.6. The van der Waals surface area contributed by atoms with Crippen LogP contribution in [-0.2, 0) is 14.4 Å². The fourth-order valence-electron chi connectivity index (χ4n) is 6.10. The lowest BCUT2D eigenvalue weighted by molar-refractivity contribution is -0.132. The largest absolute Gasteiger partial charge is 0.493 e. The second-order valence-corrected chi connectivity index (χ2v) is 9.87. The first-order valence-corrected chi connectivity index (χ1v) is 12.8. The van der Waals surface area contributed by atoms with Crippen LogP contribution in [0.2, 0.25) is 0 Å². The van der Waals surface area contributed by atoms with Gasteiger partial charge in [0.1, 0.15) is 11.8 Å². The average Bonchev–Trinajstić information content (AvgIpc) is 3.44. The Kier molecular flexibility index (Phi) is 6.14. The van der Waals surface area contributed by atoms with Crippen molar-refractivity contribution in [1.29, 1.82) is 0 Å². The normalized spacial score (nSPS) is 22.5. The van der Waals surface area contributed by atoms with Crippen LogP contribution < -0.4 is 19.1 Å². The summed E-state index contributed by atoms with van der Waals surface area (Å²) in [5, 5.41) is 0. The van der Waals surface area contributed by atoms with Crippen LogP contribution in [0.1, 0.15) is 34.5 Å². The molecule has 2 amide bonds. The Labute approximate surface area is 230 Å². The van der Waals surface area contributed by atoms with Crippen LogP contribution in [0.4, 0.5) is 5.69 Å². The molecule has 0 bridgehead atoms. The Morgan fingerprint density at radius 2 is 1.52 bits per heavy atom. The minimum absolute atomic E-state index is 0.296. The zero-order chi connectivity index (χ0) is 28.1. The smallest absolute Gasteiger partial charge is 0.308 e. The maximum atomic E-state index is 14.2. The van der Waals surface area contributed by atoms with Gasteiger partial charge in [0.05, 0.1) is 37.8 Å². The van der Waals surface area contributed by atoms with Gasteiger partial charge in [0.25, 0.3) is 0 Å². The van der Waals surface area contributed by atoms with Gasteiger partial charge in [0.2, 0.25) is 11.8 Å². The molecule has 0 radical (unpaired) electrons. The number of rotatable bonds is 6. The SMILES string of the molecule is COc1ccc(C(=O)[C@@H]2[C@@H]3C(=O)N(c4ccc(OC(C)=O)cc4)C(=O)[C@@H]3[C@@H]3c4ccccc4C=CN23)cc1OC. The van der Waals surface area contributed by atoms with Gasteiger partial charge in [-0.2, -0.15) is 0 Å². The molecule has 0 aromatic heterocycles. The van der Waals surface area contributed by atoms with E-state index in [-0.39, 0.29) is 11.7 Å². The van der Waals surface area contributed by atoms with Crippen LogP contribution in [0.25, 0.3) is 6.08 Å². The molecule has 9 heteroatoms. The number of carbonyl (C=O) groups excluding carboxylic acids is 4. The van der Waals surface area contributed by atoms with Gasteiger partial charge in [-0.25, -0.2) is 4.90 Å². The third-order valence-electron chi connectivity index (χ3n) is 7.75. The van der Waals surface area contributed by atoms with Crippen LogP contribution in [0.3, 0.4) is 0 Å². The topological polar surface area (TPSA) is 102 Å². The number of imide groups is 1. The predicted octanol–water partition coefficient (Wildman–Crippen LogP) is 4.03. The second-order valence-electron chi connectivity index (χ2n) is 9.87. The summed E-state index contributed by atoms with van der Waals surface area (Å²) >= 11 is 0. The molecule has 2 fully saturated rings. The van der Waals surface area contributed by atoms with Crippen molar-refractivity contribution >= 4 is 35.3 Å². The standard InChI is InChI=1S/C31H26N2O7/c1-17(34)40-21-11-9-20(10-12-21)33-30(36)25-26(31(33)37)28(29(35)19-8-13-23(38-2)24(16-19)39-3)32-15-14-18-6-4-5-7-22(18)27(25)32/h4-16,25-28H,1-3H3/t25-,26+,27-,28-/m0/s1. The third-order valence-corrected chi connectivity index (χ3v) is 7.75. The lowest BCUT2D eigenvalue weighted by Crippen LogP contribution is -2.44. The summed E-state index contributed by atoms with van der Waals surface area (Å²) in [7, 11) is 3.00. The number of ketones is 1. The van der Waals surface area contributed by atoms with E-state index in [9.17, 15) is 19.2 Å². The Hall–Kier alpha value is -4.92. The van der Waals surface area contributed by atoms with Crippen LogP contribution in [0, 0.1) is 11.8 Å². The van der Waals surface area contributed by atoms with E-state index in [4.69, 9.17) is 14.2 Å². The molecule has 3 aliphatic heterocycles. The van der Waals surface area contributed by atoms with E-state index in [1.807, 2.05) is 41.4 Å². The highest BCUT2D eigenvalue weighted by Gasteiger charge is 2.64. The minimum Gasteiger partial charge on any atom is -0.493 e. The summed E-state index contributed by atoms with van der Waals surface area (Å²) in [6, 6.07) is 17.3. The molecule has 2 saturated heterocycles. The van der Waals surface area contributed by atoms with Crippen molar-refractivity contribution in [1.82, 2.24) is 4.90 Å². The highest BCUT2D eigenvalue weighted by molar-refractivity contribution is 6.24. The molecule has 40 heavy (non-hydrogen) atoms. The monoisotopic (exact) mass is 538 g/mol. The zero-order valence-corrected chi connectivity index (χ0v) is 22.1. The number of hydrogen-bond donors (Lipinski definition) is 0. The molecule has 3 aromatic carbocycles. The Morgan fingerprint density at radius 3 is 2.23 bits per heavy atom. The van der Waals surface area contributed by atoms with Gasteiger partial charge >= 0.3 is 5.97 Å². The number of Topliss-reactive ketones (excluding diaryl/α,β-unsaturated/α-hetero) is 1. The predicted molar refractivity (Wildman–Crippen MR) is 145 cm³/mol. The number of fused-ring (bicyclic) bond motifs is 5. The number of ether oxygens (including phenoxy) is 3. The average molecular weight is 539 g/mol. The van der Waals surface area contributed by atoms with Gasteiger partial charge in [-0.1, -0.05) is 24.3 Å². The van der Waals surface area contributed by atoms with E-state index in [0.717, 1.165) is 16.0 Å². The molecule has 0 spiro atoms. The highest BCUT2D eigenvalue weighted by atomic mass is 16.5. The summed E-state index contributed by atoms with van der Waals surface area (Å²) in [6.45, 7) is 1.29. The van der Waals surface area contributed by atoms with Crippen LogP contribution in [0.15, 0.2) is 72.9 Å². The van der Waals surface area contributed by atoms with Crippen molar-refractivity contribution in [3.05, 3.63) is 89.6 Å². The van der Waals surface area contributed by atoms with Crippen molar-refractivity contribution in [2.45, 2.75) is 19.0 Å². The molecule has 4 atom stereocenters. The minimum atomic E-state index is -0.917. The van der Waals surface area contributed by atoms with Crippen molar-refractivity contribution in [3.63, 3.8) is 0 Å². The first kappa shape index (κ1) is 25.4. The molecule has 9 nitrogen and oxygen atoms in total. The first-order chi connectivity index (χ1) is 19.3. The van der Waals surface area contributed by atoms with Crippen molar-refractivity contribution in [2.24, 2.45) is 11.8 Å². The maximum absolute atomic E-state index is 14.2. The molecule has 0 aliphatic carbocycles. The Bertz CT molecular complexity index is 1580. The Morgan fingerprint density at radius 1 is 0.825 bits per heavy atom.